The largest absolute Gasteiger partial charge is 0.439 e. The van der Waals surface area contributed by atoms with Crippen LogP contribution in [0.1, 0.15) is 46.0 Å². The van der Waals surface area contributed by atoms with Crippen LogP contribution in [-0.2, 0) is 13.3 Å². The zero-order valence-electron chi connectivity index (χ0n) is 22.5. The van der Waals surface area contributed by atoms with Gasteiger partial charge >= 0.3 is 8.08 Å². The fourth-order valence-corrected chi connectivity index (χ4v) is 44.7. The first-order valence-electron chi connectivity index (χ1n) is 12.2. The van der Waals surface area contributed by atoms with E-state index in [2.05, 4.69) is 84.0 Å². The second kappa shape index (κ2) is 11.1. The summed E-state index contributed by atoms with van der Waals surface area (Å²) >= 11 is 0. The van der Waals surface area contributed by atoms with Crippen LogP contribution < -0.4 is 5.32 Å². The van der Waals surface area contributed by atoms with Gasteiger partial charge < -0.3 is 18.8 Å². The van der Waals surface area contributed by atoms with E-state index in [-0.39, 0.29) is 11.5 Å². The van der Waals surface area contributed by atoms with E-state index in [9.17, 15) is 4.79 Å². The van der Waals surface area contributed by atoms with Crippen molar-refractivity contribution in [2.45, 2.75) is 109 Å². The Labute approximate surface area is 197 Å². The highest BCUT2D eigenvalue weighted by Crippen LogP contribution is 2.47. The third-order valence-corrected chi connectivity index (χ3v) is 47.5. The topological polar surface area (TPSA) is 50.8 Å². The summed E-state index contributed by atoms with van der Waals surface area (Å²) in [5.74, 6) is 0.197. The van der Waals surface area contributed by atoms with Gasteiger partial charge in [0.1, 0.15) is 7.11 Å². The Kier molecular flexibility index (Phi) is 10.5. The van der Waals surface area contributed by atoms with Gasteiger partial charge in [-0.3, -0.25) is 4.79 Å². The molecule has 31 heavy (non-hydrogen) atoms. The summed E-state index contributed by atoms with van der Waals surface area (Å²) < 4.78 is 14.1. The van der Waals surface area contributed by atoms with Gasteiger partial charge in [-0.2, -0.15) is 0 Å². The molecule has 1 aliphatic heterocycles. The maximum absolute atomic E-state index is 12.3. The van der Waals surface area contributed by atoms with Gasteiger partial charge in [0.05, 0.1) is 5.60 Å². The fraction of sp³-hybridized carbons (Fsp3) is 0.955. The van der Waals surface area contributed by atoms with Gasteiger partial charge in [-0.05, 0) is 85.5 Å². The average molecular weight is 505 g/mol. The van der Waals surface area contributed by atoms with E-state index in [0.29, 0.717) is 6.42 Å². The van der Waals surface area contributed by atoms with E-state index in [1.165, 1.54) is 6.04 Å². The lowest BCUT2D eigenvalue weighted by Crippen LogP contribution is -2.82. The van der Waals surface area contributed by atoms with Gasteiger partial charge in [-0.1, -0.05) is 32.6 Å². The molecular formula is C22H52N2O3Si4. The zero-order chi connectivity index (χ0) is 24.1. The van der Waals surface area contributed by atoms with Crippen LogP contribution in [0, 0.1) is 0 Å². The number of carbonyl (C=O) groups excluding carboxylic acids is 1. The molecule has 1 amide bonds. The SMILES string of the molecule is CN(C)CCCCCC(=O)NCCC[Si]1(O[Si](C)(C)C)OC(C)(C)C[Si](C)(C)[Si]1(C)C. The number of rotatable bonds is 12. The normalized spacial score (nSPS) is 24.9. The predicted molar refractivity (Wildman–Crippen MR) is 145 cm³/mol. The Balaban J connectivity index is 2.72. The second-order valence-corrected chi connectivity index (χ2v) is 42.6. The Morgan fingerprint density at radius 2 is 1.68 bits per heavy atom. The lowest BCUT2D eigenvalue weighted by Gasteiger charge is -2.60. The molecule has 1 heterocycles. The number of hydrogen-bond donors (Lipinski definition) is 1. The minimum absolute atomic E-state index is 0.0834. The van der Waals surface area contributed by atoms with Crippen molar-refractivity contribution in [3.05, 3.63) is 0 Å². The molecule has 1 saturated heterocycles. The maximum atomic E-state index is 12.3. The van der Waals surface area contributed by atoms with E-state index in [1.807, 2.05) is 0 Å². The quantitative estimate of drug-likeness (QED) is 0.290. The van der Waals surface area contributed by atoms with Crippen LogP contribution in [0.25, 0.3) is 0 Å². The van der Waals surface area contributed by atoms with Crippen LogP contribution in [0.3, 0.4) is 0 Å². The molecule has 0 radical (unpaired) electrons. The molecular weight excluding hydrogens is 453 g/mol. The summed E-state index contributed by atoms with van der Waals surface area (Å²) in [7, 11) is -2.96. The molecule has 1 rings (SSSR count). The number of carbonyl (C=O) groups is 1. The first kappa shape index (κ1) is 29.2. The van der Waals surface area contributed by atoms with Crippen LogP contribution in [0.5, 0.6) is 0 Å². The lowest BCUT2D eigenvalue weighted by molar-refractivity contribution is -0.121. The maximum Gasteiger partial charge on any atom is 0.303 e. The summed E-state index contributed by atoms with van der Waals surface area (Å²) in [6.07, 6.45) is 4.88. The fourth-order valence-electron chi connectivity index (χ4n) is 5.00. The van der Waals surface area contributed by atoms with Gasteiger partial charge in [-0.15, -0.1) is 0 Å². The molecule has 0 aromatic rings. The smallest absolute Gasteiger partial charge is 0.303 e. The number of nitrogens with zero attached hydrogens (tertiary/aromatic N) is 1. The molecule has 0 aromatic carbocycles. The molecule has 0 bridgehead atoms. The average Bonchev–Trinajstić information content (AvgIpc) is 2.53. The molecule has 1 unspecified atom stereocenters. The van der Waals surface area contributed by atoms with Crippen LogP contribution in [0.2, 0.25) is 57.9 Å². The first-order valence-corrected chi connectivity index (χ1v) is 25.9. The lowest BCUT2D eigenvalue weighted by atomic mass is 10.2. The summed E-state index contributed by atoms with van der Waals surface area (Å²) in [6.45, 7) is 23.6. The first-order chi connectivity index (χ1) is 13.9. The molecule has 1 atom stereocenters. The van der Waals surface area contributed by atoms with Crippen molar-refractivity contribution in [3.8, 4) is 0 Å². The Hall–Kier alpha value is 0.218. The van der Waals surface area contributed by atoms with Crippen LogP contribution in [-0.4, -0.2) is 74.7 Å². The number of unbranched alkanes of at least 4 members (excludes halogenated alkanes) is 2. The van der Waals surface area contributed by atoms with E-state index < -0.39 is 31.1 Å². The molecule has 1 aliphatic rings. The monoisotopic (exact) mass is 504 g/mol. The van der Waals surface area contributed by atoms with E-state index in [0.717, 1.165) is 44.8 Å². The van der Waals surface area contributed by atoms with Crippen molar-refractivity contribution in [3.63, 3.8) is 0 Å². The van der Waals surface area contributed by atoms with Gasteiger partial charge in [0.25, 0.3) is 0 Å². The minimum atomic E-state index is -2.33. The number of hydrogen-bond acceptors (Lipinski definition) is 4. The molecule has 0 saturated carbocycles. The standard InChI is InChI=1S/C22H52N2O3Si4/c1-22(2)20-29(8,9)30(10,11)31(26-22,27-28(5,6)7)19-15-17-23-21(25)16-13-12-14-18-24(3)4/h12-20H2,1-11H3,(H,23,25). The van der Waals surface area contributed by atoms with Crippen molar-refractivity contribution in [2.75, 3.05) is 27.2 Å². The summed E-state index contributed by atoms with van der Waals surface area (Å²) in [6, 6.07) is 2.26. The van der Waals surface area contributed by atoms with E-state index >= 15 is 0 Å². The summed E-state index contributed by atoms with van der Waals surface area (Å²) in [5.41, 5.74) is -0.0834. The van der Waals surface area contributed by atoms with Gasteiger partial charge in [0, 0.05) is 20.6 Å². The van der Waals surface area contributed by atoms with Gasteiger partial charge in [0.2, 0.25) is 5.91 Å². The third kappa shape index (κ3) is 8.82. The molecule has 5 nitrogen and oxygen atoms in total. The van der Waals surface area contributed by atoms with Crippen molar-refractivity contribution >= 4 is 37.0 Å². The van der Waals surface area contributed by atoms with E-state index in [4.69, 9.17) is 8.54 Å². The van der Waals surface area contributed by atoms with Gasteiger partial charge in [-0.25, -0.2) is 0 Å². The Morgan fingerprint density at radius 3 is 2.23 bits per heavy atom. The molecule has 9 heteroatoms. The predicted octanol–water partition coefficient (Wildman–Crippen LogP) is 5.29. The zero-order valence-corrected chi connectivity index (χ0v) is 26.5. The van der Waals surface area contributed by atoms with Crippen LogP contribution >= 0.6 is 0 Å². The van der Waals surface area contributed by atoms with Crippen LogP contribution in [0.4, 0.5) is 0 Å². The van der Waals surface area contributed by atoms with Crippen molar-refractivity contribution in [2.24, 2.45) is 0 Å². The van der Waals surface area contributed by atoms with Crippen molar-refractivity contribution in [1.29, 1.82) is 0 Å². The van der Waals surface area contributed by atoms with E-state index in [1.54, 1.807) is 0 Å². The highest BCUT2D eigenvalue weighted by Gasteiger charge is 2.67. The van der Waals surface area contributed by atoms with Crippen molar-refractivity contribution in [1.82, 2.24) is 10.2 Å². The summed E-state index contributed by atoms with van der Waals surface area (Å²) in [4.78, 5) is 14.5. The second-order valence-electron chi connectivity index (χ2n) is 12.6. The number of amides is 1. The highest BCUT2D eigenvalue weighted by atomic mass is 29.7. The minimum Gasteiger partial charge on any atom is -0.439 e. The molecule has 1 fully saturated rings. The Bertz CT molecular complexity index is 588. The number of nitrogens with one attached hydrogen (secondary N) is 1. The van der Waals surface area contributed by atoms with Crippen LogP contribution in [0.15, 0.2) is 0 Å². The molecule has 0 aliphatic carbocycles. The molecule has 0 aromatic heterocycles. The Morgan fingerprint density at radius 1 is 1.06 bits per heavy atom. The van der Waals surface area contributed by atoms with Gasteiger partial charge in [0.15, 0.2) is 8.32 Å². The summed E-state index contributed by atoms with van der Waals surface area (Å²) in [5, 5.41) is 3.17. The molecule has 0 spiro atoms. The third-order valence-electron chi connectivity index (χ3n) is 6.94. The van der Waals surface area contributed by atoms with Crippen molar-refractivity contribution < 1.29 is 13.3 Å². The molecule has 1 N–H and O–H groups in total. The highest BCUT2D eigenvalue weighted by molar-refractivity contribution is 7.67. The molecule has 184 valence electrons.